The second-order valence-corrected chi connectivity index (χ2v) is 4.67. The molecule has 0 aromatic heterocycles. The molecule has 104 valence electrons. The third-order valence-electron chi connectivity index (χ3n) is 3.44. The lowest BCUT2D eigenvalue weighted by molar-refractivity contribution is -0.143. The van der Waals surface area contributed by atoms with E-state index < -0.39 is 29.5 Å². The first-order valence-corrected chi connectivity index (χ1v) is 6.00. The van der Waals surface area contributed by atoms with Crippen molar-refractivity contribution >= 4 is 5.97 Å². The first-order chi connectivity index (χ1) is 8.89. The van der Waals surface area contributed by atoms with Crippen LogP contribution < -0.4 is 5.32 Å². The van der Waals surface area contributed by atoms with E-state index in [2.05, 4.69) is 5.32 Å². The van der Waals surface area contributed by atoms with Crippen molar-refractivity contribution in [2.75, 3.05) is 13.1 Å². The molecule has 6 heteroatoms. The van der Waals surface area contributed by atoms with Crippen molar-refractivity contribution in [1.29, 1.82) is 0 Å². The molecule has 1 aliphatic rings. The zero-order valence-electron chi connectivity index (χ0n) is 10.1. The molecule has 0 amide bonds. The summed E-state index contributed by atoms with van der Waals surface area (Å²) in [5.41, 5.74) is -0.311. The number of rotatable bonds is 2. The molecule has 2 unspecified atom stereocenters. The van der Waals surface area contributed by atoms with Gasteiger partial charge < -0.3 is 10.4 Å². The van der Waals surface area contributed by atoms with Crippen LogP contribution in [0.4, 0.5) is 13.2 Å². The van der Waals surface area contributed by atoms with E-state index in [9.17, 15) is 18.0 Å². The average molecular weight is 273 g/mol. The van der Waals surface area contributed by atoms with E-state index in [0.29, 0.717) is 25.1 Å². The monoisotopic (exact) mass is 273 g/mol. The number of carboxylic acid groups (broad SMARTS) is 1. The number of hydrogen-bond acceptors (Lipinski definition) is 2. The number of benzene rings is 1. The zero-order chi connectivity index (χ0) is 14.0. The summed E-state index contributed by atoms with van der Waals surface area (Å²) in [6.07, 6.45) is -3.98. The molecule has 1 heterocycles. The molecule has 0 saturated carbocycles. The Kier molecular flexibility index (Phi) is 3.80. The van der Waals surface area contributed by atoms with E-state index in [-0.39, 0.29) is 0 Å². The Morgan fingerprint density at radius 2 is 2.11 bits per heavy atom. The predicted octanol–water partition coefficient (Wildman–Crippen LogP) is 2.48. The van der Waals surface area contributed by atoms with Crippen molar-refractivity contribution in [1.82, 2.24) is 5.32 Å². The zero-order valence-corrected chi connectivity index (χ0v) is 10.1. The number of piperidine rings is 1. The molecule has 19 heavy (non-hydrogen) atoms. The number of hydrogen-bond donors (Lipinski definition) is 2. The molecular weight excluding hydrogens is 259 g/mol. The molecule has 1 fully saturated rings. The van der Waals surface area contributed by atoms with Gasteiger partial charge in [-0.1, -0.05) is 18.2 Å². The molecule has 3 nitrogen and oxygen atoms in total. The van der Waals surface area contributed by atoms with Crippen molar-refractivity contribution < 1.29 is 23.1 Å². The molecule has 0 aliphatic carbocycles. The summed E-state index contributed by atoms with van der Waals surface area (Å²) in [7, 11) is 0. The molecule has 2 N–H and O–H groups in total. The Hall–Kier alpha value is -1.56. The molecule has 1 saturated heterocycles. The summed E-state index contributed by atoms with van der Waals surface area (Å²) in [4.78, 5) is 11.2. The van der Waals surface area contributed by atoms with E-state index in [1.807, 2.05) is 0 Å². The van der Waals surface area contributed by atoms with Crippen LogP contribution in [0.3, 0.4) is 0 Å². The molecule has 0 radical (unpaired) electrons. The maximum Gasteiger partial charge on any atom is 0.416 e. The van der Waals surface area contributed by atoms with Gasteiger partial charge in [0.25, 0.3) is 0 Å². The third-order valence-corrected chi connectivity index (χ3v) is 3.44. The average Bonchev–Trinajstić information content (AvgIpc) is 2.38. The predicted molar refractivity (Wildman–Crippen MR) is 62.8 cm³/mol. The minimum absolute atomic E-state index is 0.387. The molecule has 0 spiro atoms. The van der Waals surface area contributed by atoms with Gasteiger partial charge in [-0.3, -0.25) is 4.79 Å². The van der Waals surface area contributed by atoms with Crippen LogP contribution in [0.1, 0.15) is 23.5 Å². The van der Waals surface area contributed by atoms with Gasteiger partial charge in [0.05, 0.1) is 11.5 Å². The summed E-state index contributed by atoms with van der Waals surface area (Å²) in [6, 6.07) is 4.93. The number of carbonyl (C=O) groups is 1. The summed E-state index contributed by atoms with van der Waals surface area (Å²) >= 11 is 0. The number of alkyl halides is 3. The van der Waals surface area contributed by atoms with E-state index >= 15 is 0 Å². The van der Waals surface area contributed by atoms with Crippen LogP contribution in [0.2, 0.25) is 0 Å². The highest BCUT2D eigenvalue weighted by atomic mass is 19.4. The van der Waals surface area contributed by atoms with Crippen molar-refractivity contribution in [2.45, 2.75) is 18.5 Å². The fourth-order valence-corrected chi connectivity index (χ4v) is 2.45. The molecule has 2 rings (SSSR count). The molecule has 1 aliphatic heterocycles. The second-order valence-electron chi connectivity index (χ2n) is 4.67. The van der Waals surface area contributed by atoms with Gasteiger partial charge in [-0.25, -0.2) is 0 Å². The standard InChI is InChI=1S/C13H14F3NO2/c14-13(15,16)9-3-1-2-8(6-9)11-7-17-5-4-10(11)12(18)19/h1-3,6,10-11,17H,4-5,7H2,(H,18,19). The lowest BCUT2D eigenvalue weighted by Crippen LogP contribution is -2.38. The maximum atomic E-state index is 12.7. The van der Waals surface area contributed by atoms with Crippen LogP contribution >= 0.6 is 0 Å². The van der Waals surface area contributed by atoms with Gasteiger partial charge in [0.15, 0.2) is 0 Å². The van der Waals surface area contributed by atoms with Crippen molar-refractivity contribution in [2.24, 2.45) is 5.92 Å². The molecule has 2 atom stereocenters. The fourth-order valence-electron chi connectivity index (χ4n) is 2.45. The number of nitrogens with one attached hydrogen (secondary N) is 1. The van der Waals surface area contributed by atoms with Crippen LogP contribution in [0, 0.1) is 5.92 Å². The molecular formula is C13H14F3NO2. The highest BCUT2D eigenvalue weighted by molar-refractivity contribution is 5.71. The van der Waals surface area contributed by atoms with Crippen LogP contribution in [0.15, 0.2) is 24.3 Å². The lowest BCUT2D eigenvalue weighted by Gasteiger charge is -2.30. The Bertz CT molecular complexity index is 473. The second kappa shape index (κ2) is 5.21. The first-order valence-electron chi connectivity index (χ1n) is 6.00. The Morgan fingerprint density at radius 1 is 1.37 bits per heavy atom. The summed E-state index contributed by atoms with van der Waals surface area (Å²) in [6.45, 7) is 0.963. The van der Waals surface area contributed by atoms with Gasteiger partial charge in [0, 0.05) is 12.5 Å². The van der Waals surface area contributed by atoms with Crippen LogP contribution in [0.25, 0.3) is 0 Å². The Balaban J connectivity index is 2.32. The molecule has 1 aromatic rings. The highest BCUT2D eigenvalue weighted by Crippen LogP contribution is 2.34. The highest BCUT2D eigenvalue weighted by Gasteiger charge is 2.34. The largest absolute Gasteiger partial charge is 0.481 e. The van der Waals surface area contributed by atoms with Gasteiger partial charge in [0.1, 0.15) is 0 Å². The summed E-state index contributed by atoms with van der Waals surface area (Å²) in [5.74, 6) is -2.01. The van der Waals surface area contributed by atoms with Gasteiger partial charge in [0.2, 0.25) is 0 Å². The maximum absolute atomic E-state index is 12.7. The van der Waals surface area contributed by atoms with Gasteiger partial charge in [-0.05, 0) is 24.6 Å². The smallest absolute Gasteiger partial charge is 0.416 e. The van der Waals surface area contributed by atoms with Crippen LogP contribution in [0.5, 0.6) is 0 Å². The van der Waals surface area contributed by atoms with Crippen molar-refractivity contribution in [3.63, 3.8) is 0 Å². The quantitative estimate of drug-likeness (QED) is 0.870. The van der Waals surface area contributed by atoms with E-state index in [1.54, 1.807) is 6.07 Å². The van der Waals surface area contributed by atoms with Crippen LogP contribution in [-0.4, -0.2) is 24.2 Å². The number of aliphatic carboxylic acids is 1. The molecule has 0 bridgehead atoms. The first kappa shape index (κ1) is 13.9. The van der Waals surface area contributed by atoms with Crippen molar-refractivity contribution in [3.05, 3.63) is 35.4 Å². The Morgan fingerprint density at radius 3 is 2.74 bits per heavy atom. The fraction of sp³-hybridized carbons (Fsp3) is 0.462. The number of carboxylic acids is 1. The van der Waals surface area contributed by atoms with E-state index in [1.165, 1.54) is 6.07 Å². The minimum atomic E-state index is -4.41. The number of halogens is 3. The summed E-state index contributed by atoms with van der Waals surface area (Å²) < 4.78 is 38.0. The van der Waals surface area contributed by atoms with Gasteiger partial charge in [-0.15, -0.1) is 0 Å². The SMILES string of the molecule is O=C(O)C1CCNCC1c1cccc(C(F)(F)F)c1. The third kappa shape index (κ3) is 3.07. The van der Waals surface area contributed by atoms with Crippen LogP contribution in [-0.2, 0) is 11.0 Å². The lowest BCUT2D eigenvalue weighted by atomic mass is 9.81. The topological polar surface area (TPSA) is 49.3 Å². The summed E-state index contributed by atoms with van der Waals surface area (Å²) in [5, 5.41) is 12.2. The van der Waals surface area contributed by atoms with Gasteiger partial charge >= 0.3 is 12.1 Å². The van der Waals surface area contributed by atoms with E-state index in [0.717, 1.165) is 12.1 Å². The van der Waals surface area contributed by atoms with E-state index in [4.69, 9.17) is 5.11 Å². The van der Waals surface area contributed by atoms with Gasteiger partial charge in [-0.2, -0.15) is 13.2 Å². The normalized spacial score (nSPS) is 24.2. The van der Waals surface area contributed by atoms with Crippen molar-refractivity contribution in [3.8, 4) is 0 Å². The Labute approximate surface area is 108 Å². The molecule has 1 aromatic carbocycles. The minimum Gasteiger partial charge on any atom is -0.481 e.